The van der Waals surface area contributed by atoms with Crippen molar-refractivity contribution in [3.05, 3.63) is 70.3 Å². The summed E-state index contributed by atoms with van der Waals surface area (Å²) in [5, 5.41) is 7.23. The Morgan fingerprint density at radius 2 is 1.62 bits per heavy atom. The van der Waals surface area contributed by atoms with Gasteiger partial charge in [0.15, 0.2) is 6.29 Å². The molecule has 3 N–H and O–H groups in total. The lowest BCUT2D eigenvalue weighted by Gasteiger charge is -2.11. The van der Waals surface area contributed by atoms with E-state index in [4.69, 9.17) is 0 Å². The van der Waals surface area contributed by atoms with Crippen molar-refractivity contribution in [1.82, 2.24) is 16.0 Å². The van der Waals surface area contributed by atoms with E-state index in [2.05, 4.69) is 16.0 Å². The van der Waals surface area contributed by atoms with Gasteiger partial charge < -0.3 is 10.6 Å². The lowest BCUT2D eigenvalue weighted by atomic mass is 10.0. The third-order valence-electron chi connectivity index (χ3n) is 4.60. The fourth-order valence-corrected chi connectivity index (χ4v) is 2.93. The van der Waals surface area contributed by atoms with Crippen LogP contribution >= 0.6 is 0 Å². The Labute approximate surface area is 192 Å². The highest BCUT2D eigenvalue weighted by atomic mass is 19.4. The van der Waals surface area contributed by atoms with E-state index in [-0.39, 0.29) is 42.6 Å². The topological polar surface area (TPSA) is 121 Å². The molecule has 2 aromatic carbocycles. The van der Waals surface area contributed by atoms with E-state index in [1.807, 2.05) is 0 Å². The van der Waals surface area contributed by atoms with Gasteiger partial charge in [0.05, 0.1) is 5.56 Å². The molecule has 11 heteroatoms. The van der Waals surface area contributed by atoms with Crippen LogP contribution in [0.2, 0.25) is 0 Å². The maximum Gasteiger partial charge on any atom is 0.416 e. The predicted octanol–water partition coefficient (Wildman–Crippen LogP) is 2.62. The second kappa shape index (κ2) is 11.7. The maximum atomic E-state index is 12.6. The Bertz CT molecular complexity index is 1080. The first-order chi connectivity index (χ1) is 16.0. The number of carbonyl (C=O) groups excluding carboxylic acids is 5. The summed E-state index contributed by atoms with van der Waals surface area (Å²) >= 11 is 0. The van der Waals surface area contributed by atoms with Gasteiger partial charge in [-0.05, 0) is 48.4 Å². The molecule has 0 aliphatic heterocycles. The predicted molar refractivity (Wildman–Crippen MR) is 115 cm³/mol. The molecule has 34 heavy (non-hydrogen) atoms. The highest BCUT2D eigenvalue weighted by molar-refractivity contribution is 6.01. The summed E-state index contributed by atoms with van der Waals surface area (Å²) in [4.78, 5) is 58.1. The molecule has 0 saturated carbocycles. The minimum atomic E-state index is -4.50. The van der Waals surface area contributed by atoms with E-state index in [1.165, 1.54) is 25.1 Å². The van der Waals surface area contributed by atoms with E-state index >= 15 is 0 Å². The zero-order chi connectivity index (χ0) is 25.3. The maximum absolute atomic E-state index is 12.6. The minimum absolute atomic E-state index is 0.0200. The highest BCUT2D eigenvalue weighted by Gasteiger charge is 2.30. The number of amides is 4. The summed E-state index contributed by atoms with van der Waals surface area (Å²) in [5.41, 5.74) is -0.154. The molecule has 8 nitrogen and oxygen atoms in total. The first kappa shape index (κ1) is 26.2. The Kier molecular flexibility index (Phi) is 9.05. The van der Waals surface area contributed by atoms with Gasteiger partial charge >= 0.3 is 6.18 Å². The number of rotatable bonds is 9. The summed E-state index contributed by atoms with van der Waals surface area (Å²) < 4.78 is 37.9. The number of alkyl halides is 3. The van der Waals surface area contributed by atoms with Gasteiger partial charge in [-0.15, -0.1) is 0 Å². The summed E-state index contributed by atoms with van der Waals surface area (Å²) in [5.74, 6) is -2.07. The Balaban J connectivity index is 1.92. The summed E-state index contributed by atoms with van der Waals surface area (Å²) in [6.45, 7) is 1.34. The number of hydrogen-bond donors (Lipinski definition) is 3. The van der Waals surface area contributed by atoms with Crippen molar-refractivity contribution in [1.29, 1.82) is 0 Å². The fourth-order valence-electron chi connectivity index (χ4n) is 2.93. The van der Waals surface area contributed by atoms with Gasteiger partial charge in [-0.2, -0.15) is 13.2 Å². The van der Waals surface area contributed by atoms with E-state index in [0.29, 0.717) is 11.8 Å². The number of hydrogen-bond acceptors (Lipinski definition) is 5. The fraction of sp³-hybridized carbons (Fsp3) is 0.261. The van der Waals surface area contributed by atoms with Gasteiger partial charge in [0, 0.05) is 43.1 Å². The molecule has 2 aromatic rings. The number of halogens is 3. The van der Waals surface area contributed by atoms with Crippen LogP contribution in [0, 0.1) is 0 Å². The first-order valence-corrected chi connectivity index (χ1v) is 10.1. The number of imide groups is 1. The van der Waals surface area contributed by atoms with Crippen molar-refractivity contribution in [2.75, 3.05) is 6.54 Å². The molecule has 0 saturated heterocycles. The van der Waals surface area contributed by atoms with Gasteiger partial charge in [-0.3, -0.25) is 29.3 Å². The lowest BCUT2D eigenvalue weighted by molar-refractivity contribution is -0.137. The zero-order valence-electron chi connectivity index (χ0n) is 18.1. The van der Waals surface area contributed by atoms with Crippen LogP contribution in [0.5, 0.6) is 0 Å². The van der Waals surface area contributed by atoms with E-state index < -0.39 is 35.4 Å². The molecule has 0 unspecified atom stereocenters. The quantitative estimate of drug-likeness (QED) is 0.379. The Morgan fingerprint density at radius 3 is 2.21 bits per heavy atom. The summed E-state index contributed by atoms with van der Waals surface area (Å²) in [7, 11) is 0. The Morgan fingerprint density at radius 1 is 0.941 bits per heavy atom. The molecule has 180 valence electrons. The molecule has 0 aliphatic rings. The monoisotopic (exact) mass is 477 g/mol. The van der Waals surface area contributed by atoms with Crippen molar-refractivity contribution in [2.24, 2.45) is 0 Å². The molecule has 0 heterocycles. The van der Waals surface area contributed by atoms with E-state index in [9.17, 15) is 37.1 Å². The molecule has 0 spiro atoms. The average Bonchev–Trinajstić information content (AvgIpc) is 2.79. The largest absolute Gasteiger partial charge is 0.416 e. The van der Waals surface area contributed by atoms with Gasteiger partial charge in [-0.25, -0.2) is 0 Å². The van der Waals surface area contributed by atoms with Crippen molar-refractivity contribution in [3.8, 4) is 0 Å². The molecule has 0 fully saturated rings. The molecular formula is C23H22F3N3O5. The molecular weight excluding hydrogens is 455 g/mol. The third-order valence-corrected chi connectivity index (χ3v) is 4.60. The van der Waals surface area contributed by atoms with Crippen LogP contribution in [-0.2, 0) is 22.3 Å². The molecule has 0 bridgehead atoms. The summed E-state index contributed by atoms with van der Waals surface area (Å²) in [6, 6.07) is 8.08. The highest BCUT2D eigenvalue weighted by Crippen LogP contribution is 2.29. The van der Waals surface area contributed by atoms with Gasteiger partial charge in [0.1, 0.15) is 0 Å². The van der Waals surface area contributed by atoms with E-state index in [0.717, 1.165) is 24.3 Å². The molecule has 0 aromatic heterocycles. The second-order valence-electron chi connectivity index (χ2n) is 7.26. The zero-order valence-corrected chi connectivity index (χ0v) is 18.1. The van der Waals surface area contributed by atoms with Crippen LogP contribution in [0.25, 0.3) is 0 Å². The van der Waals surface area contributed by atoms with Crippen LogP contribution in [0.3, 0.4) is 0 Å². The van der Waals surface area contributed by atoms with Crippen LogP contribution in [0.4, 0.5) is 13.2 Å². The lowest BCUT2D eigenvalue weighted by Crippen LogP contribution is -2.30. The van der Waals surface area contributed by atoms with E-state index in [1.54, 1.807) is 0 Å². The van der Waals surface area contributed by atoms with Crippen molar-refractivity contribution in [3.63, 3.8) is 0 Å². The Hall–Kier alpha value is -4.02. The number of benzene rings is 2. The van der Waals surface area contributed by atoms with Crippen molar-refractivity contribution < 1.29 is 37.1 Å². The van der Waals surface area contributed by atoms with Crippen LogP contribution in [-0.4, -0.2) is 36.5 Å². The van der Waals surface area contributed by atoms with Crippen LogP contribution in [0.15, 0.2) is 42.5 Å². The molecule has 4 amide bonds. The second-order valence-corrected chi connectivity index (χ2v) is 7.26. The van der Waals surface area contributed by atoms with Gasteiger partial charge in [0.2, 0.25) is 11.8 Å². The number of carbonyl (C=O) groups is 5. The normalized spacial score (nSPS) is 10.8. The first-order valence-electron chi connectivity index (χ1n) is 10.1. The molecule has 0 atom stereocenters. The van der Waals surface area contributed by atoms with Gasteiger partial charge in [-0.1, -0.05) is 6.07 Å². The van der Waals surface area contributed by atoms with Crippen molar-refractivity contribution >= 4 is 29.9 Å². The van der Waals surface area contributed by atoms with Gasteiger partial charge in [0.25, 0.3) is 11.8 Å². The molecule has 0 radical (unpaired) electrons. The van der Waals surface area contributed by atoms with Crippen molar-refractivity contribution in [2.45, 2.75) is 32.5 Å². The molecule has 0 aliphatic carbocycles. The van der Waals surface area contributed by atoms with Crippen LogP contribution in [0.1, 0.15) is 62.0 Å². The molecule has 2 rings (SSSR count). The smallest absolute Gasteiger partial charge is 0.352 e. The summed E-state index contributed by atoms with van der Waals surface area (Å²) in [6.07, 6.45) is -3.69. The number of aldehydes is 1. The standard InChI is InChI=1S/C23H22F3N3O5/c1-14(31)29-20(32)3-2-10-27-22(34)19-9-4-15(11-17(19)13-30)12-28-21(33)16-5-7-18(8-6-16)23(24,25)26/h4-9,11,13H,2-3,10,12H2,1H3,(H,27,34)(H,28,33)(H,29,31,32). The minimum Gasteiger partial charge on any atom is -0.352 e. The third kappa shape index (κ3) is 7.84. The van der Waals surface area contributed by atoms with Crippen LogP contribution < -0.4 is 16.0 Å². The number of nitrogens with one attached hydrogen (secondary N) is 3. The average molecular weight is 477 g/mol. The SMILES string of the molecule is CC(=O)NC(=O)CCCNC(=O)c1ccc(CNC(=O)c2ccc(C(F)(F)F)cc2)cc1C=O.